The molecule has 1 rings (SSSR count). The molecule has 17 heavy (non-hydrogen) atoms. The van der Waals surface area contributed by atoms with Crippen molar-refractivity contribution in [1.29, 1.82) is 0 Å². The summed E-state index contributed by atoms with van der Waals surface area (Å²) in [6, 6.07) is 9.87. The molecule has 0 aliphatic carbocycles. The van der Waals surface area contributed by atoms with Crippen LogP contribution in [0.1, 0.15) is 12.0 Å². The van der Waals surface area contributed by atoms with Gasteiger partial charge in [0, 0.05) is 6.61 Å². The van der Waals surface area contributed by atoms with Crippen molar-refractivity contribution in [3.05, 3.63) is 35.9 Å². The second kappa shape index (κ2) is 9.13. The van der Waals surface area contributed by atoms with Gasteiger partial charge in [-0.2, -0.15) is 0 Å². The van der Waals surface area contributed by atoms with Gasteiger partial charge >= 0.3 is 0 Å². The Balaban J connectivity index is 2.02. The molecule has 4 nitrogen and oxygen atoms in total. The van der Waals surface area contributed by atoms with Crippen LogP contribution in [-0.4, -0.2) is 37.6 Å². The van der Waals surface area contributed by atoms with Gasteiger partial charge in [-0.05, 0) is 18.5 Å². The third kappa shape index (κ3) is 7.07. The van der Waals surface area contributed by atoms with Gasteiger partial charge in [0.25, 0.3) is 0 Å². The van der Waals surface area contributed by atoms with Crippen molar-refractivity contribution in [2.24, 2.45) is 5.73 Å². The summed E-state index contributed by atoms with van der Waals surface area (Å²) in [4.78, 5) is 0. The van der Waals surface area contributed by atoms with E-state index in [9.17, 15) is 5.11 Å². The molecule has 4 heteroatoms. The van der Waals surface area contributed by atoms with E-state index in [0.717, 1.165) is 12.0 Å². The highest BCUT2D eigenvalue weighted by Gasteiger charge is 2.04. The van der Waals surface area contributed by atoms with E-state index in [2.05, 4.69) is 0 Å². The fourth-order valence-electron chi connectivity index (χ4n) is 1.34. The number of aliphatic hydroxyl groups excluding tert-OH is 1. The first-order valence-corrected chi connectivity index (χ1v) is 5.90. The maximum atomic E-state index is 9.55. The van der Waals surface area contributed by atoms with E-state index in [1.54, 1.807) is 0 Å². The van der Waals surface area contributed by atoms with E-state index >= 15 is 0 Å². The molecule has 1 atom stereocenters. The molecule has 1 unspecified atom stereocenters. The predicted octanol–water partition coefficient (Wildman–Crippen LogP) is 0.929. The minimum absolute atomic E-state index is 0.289. The largest absolute Gasteiger partial charge is 0.388 e. The molecular formula is C13H21NO3. The van der Waals surface area contributed by atoms with Gasteiger partial charge in [0.2, 0.25) is 0 Å². The van der Waals surface area contributed by atoms with Gasteiger partial charge in [-0.15, -0.1) is 0 Å². The summed E-state index contributed by atoms with van der Waals surface area (Å²) in [5.74, 6) is 0. The second-order valence-electron chi connectivity index (χ2n) is 3.87. The molecule has 0 saturated carbocycles. The van der Waals surface area contributed by atoms with Crippen molar-refractivity contribution < 1.29 is 14.6 Å². The molecule has 1 aromatic carbocycles. The lowest BCUT2D eigenvalue weighted by Gasteiger charge is -2.11. The molecule has 0 bridgehead atoms. The van der Waals surface area contributed by atoms with Gasteiger partial charge < -0.3 is 20.3 Å². The number of hydrogen-bond donors (Lipinski definition) is 2. The molecule has 0 saturated heterocycles. The molecule has 0 aromatic heterocycles. The monoisotopic (exact) mass is 239 g/mol. The van der Waals surface area contributed by atoms with E-state index in [1.807, 2.05) is 30.3 Å². The average molecular weight is 239 g/mol. The zero-order valence-corrected chi connectivity index (χ0v) is 10.0. The van der Waals surface area contributed by atoms with Gasteiger partial charge in [0.05, 0.1) is 19.8 Å². The highest BCUT2D eigenvalue weighted by Crippen LogP contribution is 2.01. The molecule has 0 fully saturated rings. The number of aliphatic hydroxyl groups is 1. The molecule has 0 heterocycles. The Hall–Kier alpha value is -0.940. The van der Waals surface area contributed by atoms with E-state index in [4.69, 9.17) is 15.2 Å². The highest BCUT2D eigenvalue weighted by atomic mass is 16.5. The van der Waals surface area contributed by atoms with Crippen LogP contribution in [0.15, 0.2) is 30.3 Å². The maximum Gasteiger partial charge on any atom is 0.101 e. The molecule has 0 aliphatic heterocycles. The van der Waals surface area contributed by atoms with Crippen LogP contribution >= 0.6 is 0 Å². The zero-order chi connectivity index (χ0) is 12.3. The third-order valence-electron chi connectivity index (χ3n) is 2.22. The van der Waals surface area contributed by atoms with Crippen LogP contribution in [0.5, 0.6) is 0 Å². The zero-order valence-electron chi connectivity index (χ0n) is 10.0. The third-order valence-corrected chi connectivity index (χ3v) is 2.22. The fourth-order valence-corrected chi connectivity index (χ4v) is 1.34. The number of nitrogens with two attached hydrogens (primary N) is 1. The number of ether oxygens (including phenoxy) is 2. The molecular weight excluding hydrogens is 218 g/mol. The average Bonchev–Trinajstić information content (AvgIpc) is 2.36. The normalized spacial score (nSPS) is 12.6. The Morgan fingerprint density at radius 2 is 1.82 bits per heavy atom. The Morgan fingerprint density at radius 3 is 2.53 bits per heavy atom. The van der Waals surface area contributed by atoms with E-state index in [1.165, 1.54) is 0 Å². The molecule has 1 aromatic rings. The van der Waals surface area contributed by atoms with E-state index in [0.29, 0.717) is 26.4 Å². The summed E-state index contributed by atoms with van der Waals surface area (Å²) in [6.45, 7) is 2.31. The summed E-state index contributed by atoms with van der Waals surface area (Å²) >= 11 is 0. The lowest BCUT2D eigenvalue weighted by Crippen LogP contribution is -2.22. The topological polar surface area (TPSA) is 64.7 Å². The molecule has 0 aliphatic rings. The molecule has 0 spiro atoms. The summed E-state index contributed by atoms with van der Waals surface area (Å²) in [5, 5.41) is 9.55. The van der Waals surface area contributed by atoms with Crippen molar-refractivity contribution in [2.75, 3.05) is 26.4 Å². The van der Waals surface area contributed by atoms with Crippen LogP contribution in [0, 0.1) is 0 Å². The van der Waals surface area contributed by atoms with Gasteiger partial charge in [-0.25, -0.2) is 0 Å². The van der Waals surface area contributed by atoms with Crippen molar-refractivity contribution in [3.63, 3.8) is 0 Å². The number of benzene rings is 1. The maximum absolute atomic E-state index is 9.55. The minimum Gasteiger partial charge on any atom is -0.388 e. The number of rotatable bonds is 9. The van der Waals surface area contributed by atoms with Crippen molar-refractivity contribution in [3.8, 4) is 0 Å². The molecule has 0 amide bonds. The Morgan fingerprint density at radius 1 is 1.12 bits per heavy atom. The molecule has 0 radical (unpaired) electrons. The molecule has 3 N–H and O–H groups in total. The smallest absolute Gasteiger partial charge is 0.101 e. The van der Waals surface area contributed by atoms with Crippen molar-refractivity contribution >= 4 is 0 Å². The van der Waals surface area contributed by atoms with Crippen LogP contribution < -0.4 is 5.73 Å². The van der Waals surface area contributed by atoms with Crippen LogP contribution in [0.25, 0.3) is 0 Å². The predicted molar refractivity (Wildman–Crippen MR) is 66.6 cm³/mol. The van der Waals surface area contributed by atoms with Crippen LogP contribution in [0.2, 0.25) is 0 Å². The van der Waals surface area contributed by atoms with Gasteiger partial charge in [0.1, 0.15) is 6.10 Å². The van der Waals surface area contributed by atoms with Gasteiger partial charge in [0.15, 0.2) is 0 Å². The Kier molecular flexibility index (Phi) is 7.58. The summed E-state index contributed by atoms with van der Waals surface area (Å²) in [5.41, 5.74) is 6.42. The summed E-state index contributed by atoms with van der Waals surface area (Å²) < 4.78 is 10.6. The first-order chi connectivity index (χ1) is 8.33. The minimum atomic E-state index is -0.573. The van der Waals surface area contributed by atoms with E-state index < -0.39 is 6.10 Å². The van der Waals surface area contributed by atoms with Crippen molar-refractivity contribution in [1.82, 2.24) is 0 Å². The number of hydrogen-bond acceptors (Lipinski definition) is 4. The first kappa shape index (κ1) is 14.1. The Bertz CT molecular complexity index is 279. The summed E-state index contributed by atoms with van der Waals surface area (Å²) in [6.07, 6.45) is 0.244. The standard InChI is InChI=1S/C13H21NO3/c14-7-4-8-16-10-13(15)11-17-9-12-5-2-1-3-6-12/h1-3,5-6,13,15H,4,7-11,14H2. The second-order valence-corrected chi connectivity index (χ2v) is 3.87. The lowest BCUT2D eigenvalue weighted by atomic mass is 10.2. The summed E-state index contributed by atoms with van der Waals surface area (Å²) in [7, 11) is 0. The Labute approximate surface area is 102 Å². The SMILES string of the molecule is NCCCOCC(O)COCc1ccccc1. The van der Waals surface area contributed by atoms with Crippen LogP contribution in [-0.2, 0) is 16.1 Å². The lowest BCUT2D eigenvalue weighted by molar-refractivity contribution is -0.0234. The van der Waals surface area contributed by atoms with Gasteiger partial charge in [-0.3, -0.25) is 0 Å². The molecule has 96 valence electrons. The first-order valence-electron chi connectivity index (χ1n) is 5.90. The van der Waals surface area contributed by atoms with Crippen LogP contribution in [0.4, 0.5) is 0 Å². The van der Waals surface area contributed by atoms with E-state index in [-0.39, 0.29) is 6.61 Å². The quantitative estimate of drug-likeness (QED) is 0.629. The van der Waals surface area contributed by atoms with Crippen LogP contribution in [0.3, 0.4) is 0 Å². The highest BCUT2D eigenvalue weighted by molar-refractivity contribution is 5.13. The fraction of sp³-hybridized carbons (Fsp3) is 0.538. The van der Waals surface area contributed by atoms with Crippen molar-refractivity contribution in [2.45, 2.75) is 19.1 Å². The van der Waals surface area contributed by atoms with Gasteiger partial charge in [-0.1, -0.05) is 30.3 Å².